The molecule has 4 saturated carbocycles. The van der Waals surface area contributed by atoms with E-state index >= 15 is 0 Å². The second-order valence-electron chi connectivity index (χ2n) is 11.4. The van der Waals surface area contributed by atoms with E-state index in [1.165, 1.54) is 19.3 Å². The van der Waals surface area contributed by atoms with E-state index < -0.39 is 6.10 Å². The Morgan fingerprint density at radius 2 is 1.64 bits per heavy atom. The van der Waals surface area contributed by atoms with E-state index in [0.29, 0.717) is 30.0 Å². The van der Waals surface area contributed by atoms with Crippen LogP contribution in [0.25, 0.3) is 0 Å². The van der Waals surface area contributed by atoms with Gasteiger partial charge < -0.3 is 9.84 Å². The van der Waals surface area contributed by atoms with Crippen LogP contribution in [0.2, 0.25) is 0 Å². The summed E-state index contributed by atoms with van der Waals surface area (Å²) in [5.41, 5.74) is -0.530. The summed E-state index contributed by atoms with van der Waals surface area (Å²) < 4.78 is 6.00. The van der Waals surface area contributed by atoms with Crippen molar-refractivity contribution < 1.29 is 14.6 Å². The molecule has 0 aromatic heterocycles. The Morgan fingerprint density at radius 1 is 1.00 bits per heavy atom. The van der Waals surface area contributed by atoms with Gasteiger partial charge in [0.1, 0.15) is 5.78 Å². The van der Waals surface area contributed by atoms with Crippen LogP contribution in [0.1, 0.15) is 91.9 Å². The third-order valence-corrected chi connectivity index (χ3v) is 10.6. The first kappa shape index (κ1) is 20.8. The lowest BCUT2D eigenvalue weighted by molar-refractivity contribution is -0.196. The van der Waals surface area contributed by atoms with Crippen molar-refractivity contribution in [2.24, 2.45) is 39.9 Å². The van der Waals surface area contributed by atoms with Crippen molar-refractivity contribution in [1.29, 1.82) is 0 Å². The predicted molar refractivity (Wildman–Crippen MR) is 112 cm³/mol. The van der Waals surface area contributed by atoms with E-state index in [1.807, 2.05) is 7.11 Å². The van der Waals surface area contributed by atoms with Gasteiger partial charge in [-0.25, -0.2) is 0 Å². The minimum absolute atomic E-state index is 0.0103. The molecular formula is C25H42O3. The van der Waals surface area contributed by atoms with Crippen molar-refractivity contribution in [2.45, 2.75) is 104 Å². The van der Waals surface area contributed by atoms with Crippen LogP contribution < -0.4 is 0 Å². The molecule has 0 heterocycles. The third-order valence-electron chi connectivity index (χ3n) is 10.6. The predicted octanol–water partition coefficient (Wildman–Crippen LogP) is 5.39. The van der Waals surface area contributed by atoms with E-state index in [2.05, 4.69) is 27.7 Å². The highest BCUT2D eigenvalue weighted by Crippen LogP contribution is 2.69. The van der Waals surface area contributed by atoms with Crippen LogP contribution >= 0.6 is 0 Å². The second-order valence-corrected chi connectivity index (χ2v) is 11.4. The lowest BCUT2D eigenvalue weighted by atomic mass is 9.43. The van der Waals surface area contributed by atoms with E-state index in [9.17, 15) is 9.90 Å². The molecule has 1 N–H and O–H groups in total. The Bertz CT molecular complexity index is 611. The standard InChI is InChI=1S/C25H42O3/c1-16-11-13-25-14-12-19(28-5)21(25)24(16,4)20(26)15-23(3,22(27)17(25)2)18-9-7-6-8-10-18/h16-21,26H,6-15H2,1-5H3/t16-,17+,19?,20-,21?,23+,24+,25?/m1/s1. The van der Waals surface area contributed by atoms with Gasteiger partial charge in [0, 0.05) is 23.9 Å². The average Bonchev–Trinajstić information content (AvgIpc) is 3.10. The monoisotopic (exact) mass is 390 g/mol. The molecule has 3 heteroatoms. The first-order valence-electron chi connectivity index (χ1n) is 12.0. The van der Waals surface area contributed by atoms with Crippen LogP contribution in [-0.2, 0) is 9.53 Å². The van der Waals surface area contributed by atoms with Crippen molar-refractivity contribution in [1.82, 2.24) is 0 Å². The Balaban J connectivity index is 1.83. The molecule has 4 aliphatic carbocycles. The third kappa shape index (κ3) is 2.64. The maximum atomic E-state index is 14.1. The Morgan fingerprint density at radius 3 is 2.29 bits per heavy atom. The van der Waals surface area contributed by atoms with Gasteiger partial charge in [-0.05, 0) is 68.1 Å². The number of aliphatic hydroxyl groups excluding tert-OH is 1. The fourth-order valence-corrected chi connectivity index (χ4v) is 8.58. The molecule has 160 valence electrons. The molecule has 4 aliphatic rings. The zero-order valence-corrected chi connectivity index (χ0v) is 18.8. The Labute approximate surface area is 172 Å². The van der Waals surface area contributed by atoms with Crippen LogP contribution in [0.4, 0.5) is 0 Å². The number of ketones is 1. The van der Waals surface area contributed by atoms with E-state index in [1.54, 1.807) is 0 Å². The van der Waals surface area contributed by atoms with Gasteiger partial charge in [0.05, 0.1) is 12.2 Å². The lowest BCUT2D eigenvalue weighted by Gasteiger charge is -2.62. The summed E-state index contributed by atoms with van der Waals surface area (Å²) in [4.78, 5) is 14.1. The Hall–Kier alpha value is -0.410. The van der Waals surface area contributed by atoms with Crippen LogP contribution in [0.15, 0.2) is 0 Å². The first-order valence-corrected chi connectivity index (χ1v) is 12.0. The van der Waals surface area contributed by atoms with Crippen molar-refractivity contribution in [2.75, 3.05) is 7.11 Å². The summed E-state index contributed by atoms with van der Waals surface area (Å²) in [6, 6.07) is 0. The van der Waals surface area contributed by atoms with E-state index in [4.69, 9.17) is 4.74 Å². The van der Waals surface area contributed by atoms with Crippen LogP contribution in [0.3, 0.4) is 0 Å². The number of carbonyl (C=O) groups excluding carboxylic acids is 1. The summed E-state index contributed by atoms with van der Waals surface area (Å²) in [6.07, 6.45) is 10.9. The molecule has 0 spiro atoms. The summed E-state index contributed by atoms with van der Waals surface area (Å²) in [7, 11) is 1.83. The number of aliphatic hydroxyl groups is 1. The topological polar surface area (TPSA) is 46.5 Å². The fraction of sp³-hybridized carbons (Fsp3) is 0.960. The second kappa shape index (κ2) is 7.08. The SMILES string of the molecule is COC1CCC23CC[C@@H](C)[C@](C)(C12)[C@H](O)C[C@@](C)(C1CCCCC1)C(=O)[C@@H]3C. The zero-order valence-electron chi connectivity index (χ0n) is 18.8. The lowest BCUT2D eigenvalue weighted by Crippen LogP contribution is -2.63. The number of Topliss-reactive ketones (excluding diaryl/α,β-unsaturated/α-hetero) is 1. The Kier molecular flexibility index (Phi) is 5.27. The molecule has 28 heavy (non-hydrogen) atoms. The molecule has 2 bridgehead atoms. The minimum atomic E-state index is -0.425. The number of hydrogen-bond donors (Lipinski definition) is 1. The normalized spacial score (nSPS) is 52.8. The van der Waals surface area contributed by atoms with Crippen molar-refractivity contribution in [3.63, 3.8) is 0 Å². The van der Waals surface area contributed by atoms with Gasteiger partial charge in [-0.15, -0.1) is 0 Å². The number of hydrogen-bond acceptors (Lipinski definition) is 3. The summed E-state index contributed by atoms with van der Waals surface area (Å²) >= 11 is 0. The minimum Gasteiger partial charge on any atom is -0.393 e. The van der Waals surface area contributed by atoms with Gasteiger partial charge in [0.25, 0.3) is 0 Å². The summed E-state index contributed by atoms with van der Waals surface area (Å²) in [5.74, 6) is 1.73. The van der Waals surface area contributed by atoms with Gasteiger partial charge >= 0.3 is 0 Å². The van der Waals surface area contributed by atoms with Crippen LogP contribution in [0.5, 0.6) is 0 Å². The highest BCUT2D eigenvalue weighted by atomic mass is 16.5. The highest BCUT2D eigenvalue weighted by Gasteiger charge is 2.68. The van der Waals surface area contributed by atoms with Gasteiger partial charge in [0.15, 0.2) is 0 Å². The molecule has 0 aromatic rings. The van der Waals surface area contributed by atoms with E-state index in [0.717, 1.165) is 38.5 Å². The van der Waals surface area contributed by atoms with Crippen LogP contribution in [-0.4, -0.2) is 30.2 Å². The molecule has 4 fully saturated rings. The van der Waals surface area contributed by atoms with Gasteiger partial charge in [0.2, 0.25) is 0 Å². The van der Waals surface area contributed by atoms with Crippen molar-refractivity contribution in [3.8, 4) is 0 Å². The average molecular weight is 391 g/mol. The molecule has 0 saturated heterocycles. The van der Waals surface area contributed by atoms with Gasteiger partial charge in [-0.2, -0.15) is 0 Å². The maximum absolute atomic E-state index is 14.1. The molecule has 0 amide bonds. The quantitative estimate of drug-likeness (QED) is 0.687. The molecule has 3 unspecified atom stereocenters. The number of carbonyl (C=O) groups is 1. The molecule has 8 atom stereocenters. The first-order chi connectivity index (χ1) is 13.2. The zero-order chi connectivity index (χ0) is 20.3. The van der Waals surface area contributed by atoms with Crippen LogP contribution in [0, 0.1) is 39.9 Å². The number of rotatable bonds is 2. The molecule has 4 rings (SSSR count). The summed E-state index contributed by atoms with van der Waals surface area (Å²) in [5, 5.41) is 11.8. The molecule has 0 aromatic carbocycles. The number of methoxy groups -OCH3 is 1. The molecule has 3 nitrogen and oxygen atoms in total. The van der Waals surface area contributed by atoms with E-state index in [-0.39, 0.29) is 28.3 Å². The van der Waals surface area contributed by atoms with Crippen molar-refractivity contribution >= 4 is 5.78 Å². The smallest absolute Gasteiger partial charge is 0.142 e. The summed E-state index contributed by atoms with van der Waals surface area (Å²) in [6.45, 7) is 9.13. The maximum Gasteiger partial charge on any atom is 0.142 e. The van der Waals surface area contributed by atoms with Gasteiger partial charge in [-0.3, -0.25) is 4.79 Å². The largest absolute Gasteiger partial charge is 0.393 e. The number of ether oxygens (including phenoxy) is 1. The molecular weight excluding hydrogens is 348 g/mol. The fourth-order valence-electron chi connectivity index (χ4n) is 8.58. The highest BCUT2D eigenvalue weighted by molar-refractivity contribution is 5.88. The molecule has 0 radical (unpaired) electrons. The van der Waals surface area contributed by atoms with Gasteiger partial charge in [-0.1, -0.05) is 47.0 Å². The molecule has 0 aliphatic heterocycles. The van der Waals surface area contributed by atoms with Crippen molar-refractivity contribution in [3.05, 3.63) is 0 Å².